The highest BCUT2D eigenvalue weighted by Gasteiger charge is 2.07. The van der Waals surface area contributed by atoms with E-state index < -0.39 is 5.97 Å². The van der Waals surface area contributed by atoms with Gasteiger partial charge in [-0.1, -0.05) is 12.1 Å². The number of methoxy groups -OCH3 is 1. The fraction of sp³-hybridized carbons (Fsp3) is 0.182. The number of ketones is 1. The van der Waals surface area contributed by atoms with Crippen molar-refractivity contribution in [2.45, 2.75) is 6.42 Å². The van der Waals surface area contributed by atoms with Crippen LogP contribution in [0.5, 0.6) is 0 Å². The molecule has 0 aliphatic carbocycles. The van der Waals surface area contributed by atoms with Crippen molar-refractivity contribution in [1.82, 2.24) is 0 Å². The van der Waals surface area contributed by atoms with Crippen LogP contribution in [0.1, 0.15) is 15.9 Å². The summed E-state index contributed by atoms with van der Waals surface area (Å²) in [7, 11) is 1.30. The molecule has 0 saturated heterocycles. The lowest BCUT2D eigenvalue weighted by Crippen LogP contribution is -2.05. The van der Waals surface area contributed by atoms with Crippen LogP contribution < -0.4 is 0 Å². The van der Waals surface area contributed by atoms with E-state index in [1.54, 1.807) is 24.3 Å². The summed E-state index contributed by atoms with van der Waals surface area (Å²) >= 11 is 0. The molecule has 0 spiro atoms. The molecule has 1 rings (SSSR count). The Hall–Kier alpha value is -2.26. The minimum atomic E-state index is -0.421. The molecule has 0 aliphatic rings. The monoisotopic (exact) mass is 218 g/mol. The second-order valence-corrected chi connectivity index (χ2v) is 3.08. The minimum absolute atomic E-state index is 0.130. The smallest absolute Gasteiger partial charge is 0.337 e. The number of Topliss-reactive ketones (excluding diaryl/α,β-unsaturated/α-hetero) is 1. The standard InChI is InChI=1S/C11H10N2O3/c1-16-11(15)9-4-2-8(3-5-9)6-10(14)7-13-12/h2-5,7H,6H2,1H3. The van der Waals surface area contributed by atoms with Gasteiger partial charge in [-0.05, 0) is 17.7 Å². The third-order valence-electron chi connectivity index (χ3n) is 1.96. The Morgan fingerprint density at radius 3 is 2.50 bits per heavy atom. The first-order valence-corrected chi connectivity index (χ1v) is 4.55. The predicted octanol–water partition coefficient (Wildman–Crippen LogP) is 0.885. The average Bonchev–Trinajstić information content (AvgIpc) is 2.29. The summed E-state index contributed by atoms with van der Waals surface area (Å²) in [5.41, 5.74) is 9.31. The van der Waals surface area contributed by atoms with Gasteiger partial charge in [0.15, 0.2) is 0 Å². The van der Waals surface area contributed by atoms with E-state index in [9.17, 15) is 9.59 Å². The van der Waals surface area contributed by atoms with Crippen LogP contribution in [-0.4, -0.2) is 29.9 Å². The second kappa shape index (κ2) is 5.58. The SMILES string of the molecule is COC(=O)c1ccc(CC(=O)C=[N+]=[N-])cc1. The Kier molecular flexibility index (Phi) is 4.12. The van der Waals surface area contributed by atoms with Gasteiger partial charge in [-0.15, -0.1) is 0 Å². The van der Waals surface area contributed by atoms with Gasteiger partial charge >= 0.3 is 12.2 Å². The third kappa shape index (κ3) is 3.15. The molecule has 0 fully saturated rings. The summed E-state index contributed by atoms with van der Waals surface area (Å²) in [5, 5.41) is 0. The van der Waals surface area contributed by atoms with Crippen LogP contribution in [-0.2, 0) is 16.0 Å². The zero-order valence-corrected chi connectivity index (χ0v) is 8.71. The van der Waals surface area contributed by atoms with Crippen LogP contribution in [0.2, 0.25) is 0 Å². The summed E-state index contributed by atoms with van der Waals surface area (Å²) < 4.78 is 4.54. The highest BCUT2D eigenvalue weighted by Crippen LogP contribution is 2.06. The van der Waals surface area contributed by atoms with E-state index in [4.69, 9.17) is 5.53 Å². The van der Waals surface area contributed by atoms with E-state index in [1.165, 1.54) is 7.11 Å². The number of carbonyl (C=O) groups is 2. The molecule has 1 aromatic carbocycles. The molecular weight excluding hydrogens is 208 g/mol. The molecule has 16 heavy (non-hydrogen) atoms. The van der Waals surface area contributed by atoms with Gasteiger partial charge in [-0.25, -0.2) is 4.79 Å². The molecule has 0 N–H and O–H groups in total. The number of hydrogen-bond donors (Lipinski definition) is 0. The number of rotatable bonds is 4. The number of carbonyl (C=O) groups excluding carboxylic acids is 2. The van der Waals surface area contributed by atoms with E-state index in [2.05, 4.69) is 9.53 Å². The summed E-state index contributed by atoms with van der Waals surface area (Å²) in [6.07, 6.45) is 0.972. The van der Waals surface area contributed by atoms with Crippen molar-refractivity contribution in [1.29, 1.82) is 0 Å². The molecule has 1 aromatic rings. The molecule has 0 unspecified atom stereocenters. The third-order valence-corrected chi connectivity index (χ3v) is 1.96. The molecule has 0 aliphatic heterocycles. The van der Waals surface area contributed by atoms with Crippen molar-refractivity contribution in [3.05, 3.63) is 40.9 Å². The van der Waals surface area contributed by atoms with Gasteiger partial charge < -0.3 is 10.3 Å². The van der Waals surface area contributed by atoms with E-state index in [-0.39, 0.29) is 12.2 Å². The largest absolute Gasteiger partial charge is 0.465 e. The number of ether oxygens (including phenoxy) is 1. The number of esters is 1. The zero-order chi connectivity index (χ0) is 12.0. The van der Waals surface area contributed by atoms with E-state index >= 15 is 0 Å². The Bertz CT molecular complexity index is 445. The van der Waals surface area contributed by atoms with Gasteiger partial charge in [0.2, 0.25) is 5.78 Å². The molecule has 5 nitrogen and oxygen atoms in total. The Labute approximate surface area is 92.3 Å². The van der Waals surface area contributed by atoms with Crippen LogP contribution in [0.4, 0.5) is 0 Å². The van der Waals surface area contributed by atoms with Crippen molar-refractivity contribution in [2.75, 3.05) is 7.11 Å². The van der Waals surface area contributed by atoms with Crippen molar-refractivity contribution < 1.29 is 19.1 Å². The molecule has 5 heteroatoms. The fourth-order valence-corrected chi connectivity index (χ4v) is 1.19. The summed E-state index contributed by atoms with van der Waals surface area (Å²) in [6.45, 7) is 0. The Balaban J connectivity index is 2.75. The molecule has 0 amide bonds. The van der Waals surface area contributed by atoms with E-state index in [1.807, 2.05) is 0 Å². The van der Waals surface area contributed by atoms with E-state index in [0.29, 0.717) is 5.56 Å². The molecular formula is C11H10N2O3. The zero-order valence-electron chi connectivity index (χ0n) is 8.71. The first-order chi connectivity index (χ1) is 7.67. The van der Waals surface area contributed by atoms with Gasteiger partial charge in [0.25, 0.3) is 0 Å². The minimum Gasteiger partial charge on any atom is -0.465 e. The van der Waals surface area contributed by atoms with Gasteiger partial charge in [-0.2, -0.15) is 4.79 Å². The highest BCUT2D eigenvalue weighted by molar-refractivity contribution is 6.25. The lowest BCUT2D eigenvalue weighted by molar-refractivity contribution is -0.115. The maximum Gasteiger partial charge on any atom is 0.337 e. The molecule has 0 atom stereocenters. The summed E-state index contributed by atoms with van der Waals surface area (Å²) in [4.78, 5) is 24.8. The van der Waals surface area contributed by atoms with Crippen molar-refractivity contribution in [3.8, 4) is 0 Å². The molecule has 0 heterocycles. The first-order valence-electron chi connectivity index (χ1n) is 4.55. The lowest BCUT2D eigenvalue weighted by Gasteiger charge is -2.00. The normalized spacial score (nSPS) is 9.06. The quantitative estimate of drug-likeness (QED) is 0.325. The first kappa shape index (κ1) is 11.8. The molecule has 82 valence electrons. The molecule has 0 radical (unpaired) electrons. The van der Waals surface area contributed by atoms with Gasteiger partial charge in [0.05, 0.1) is 12.7 Å². The van der Waals surface area contributed by atoms with Gasteiger partial charge in [-0.3, -0.25) is 4.79 Å². The van der Waals surface area contributed by atoms with Gasteiger partial charge in [0.1, 0.15) is 0 Å². The van der Waals surface area contributed by atoms with Crippen molar-refractivity contribution >= 4 is 18.0 Å². The van der Waals surface area contributed by atoms with Crippen molar-refractivity contribution in [3.63, 3.8) is 0 Å². The maximum atomic E-state index is 11.1. The molecule has 0 saturated carbocycles. The van der Waals surface area contributed by atoms with Crippen LogP contribution in [0.3, 0.4) is 0 Å². The Morgan fingerprint density at radius 2 is 2.00 bits per heavy atom. The summed E-state index contributed by atoms with van der Waals surface area (Å²) in [6, 6.07) is 6.44. The van der Waals surface area contributed by atoms with Crippen LogP contribution in [0, 0.1) is 0 Å². The molecule has 0 bridgehead atoms. The van der Waals surface area contributed by atoms with Crippen molar-refractivity contribution in [2.24, 2.45) is 0 Å². The lowest BCUT2D eigenvalue weighted by atomic mass is 10.1. The fourth-order valence-electron chi connectivity index (χ4n) is 1.19. The Morgan fingerprint density at radius 1 is 1.38 bits per heavy atom. The predicted molar refractivity (Wildman–Crippen MR) is 56.2 cm³/mol. The second-order valence-electron chi connectivity index (χ2n) is 3.08. The van der Waals surface area contributed by atoms with E-state index in [0.717, 1.165) is 11.8 Å². The number of hydrogen-bond acceptors (Lipinski definition) is 3. The molecule has 0 aromatic heterocycles. The number of nitrogens with zero attached hydrogens (tertiary/aromatic N) is 2. The van der Waals surface area contributed by atoms with Crippen LogP contribution in [0.25, 0.3) is 5.53 Å². The maximum absolute atomic E-state index is 11.1. The number of benzene rings is 1. The average molecular weight is 218 g/mol. The van der Waals surface area contributed by atoms with Crippen LogP contribution in [0.15, 0.2) is 24.3 Å². The topological polar surface area (TPSA) is 79.8 Å². The van der Waals surface area contributed by atoms with Crippen LogP contribution >= 0.6 is 0 Å². The summed E-state index contributed by atoms with van der Waals surface area (Å²) in [5.74, 6) is -0.733. The van der Waals surface area contributed by atoms with Gasteiger partial charge in [0, 0.05) is 6.42 Å². The highest BCUT2D eigenvalue weighted by atomic mass is 16.5.